The Morgan fingerprint density at radius 3 is 2.43 bits per heavy atom. The van der Waals surface area contributed by atoms with E-state index in [9.17, 15) is 4.79 Å². The third-order valence-corrected chi connectivity index (χ3v) is 6.88. The Kier molecular flexibility index (Phi) is 5.25. The second-order valence-corrected chi connectivity index (χ2v) is 8.97. The molecule has 0 aliphatic heterocycles. The van der Waals surface area contributed by atoms with E-state index in [0.29, 0.717) is 11.7 Å². The second-order valence-electron chi connectivity index (χ2n) is 6.77. The maximum atomic E-state index is 12.7. The molecule has 6 nitrogen and oxygen atoms in total. The van der Waals surface area contributed by atoms with Crippen LogP contribution in [-0.2, 0) is 11.3 Å². The maximum absolute atomic E-state index is 12.7. The number of nitrogens with one attached hydrogen (secondary N) is 2. The molecule has 0 bridgehead atoms. The summed E-state index contributed by atoms with van der Waals surface area (Å²) < 4.78 is 6.04. The maximum Gasteiger partial charge on any atom is 0.231 e. The van der Waals surface area contributed by atoms with Crippen LogP contribution in [0.2, 0.25) is 0 Å². The summed E-state index contributed by atoms with van der Waals surface area (Å²) >= 11 is 2.81. The predicted molar refractivity (Wildman–Crippen MR) is 119 cm³/mol. The number of nitrogens with zero attached hydrogens (tertiary/aromatic N) is 2. The fourth-order valence-electron chi connectivity index (χ4n) is 3.56. The molecule has 5 rings (SSSR count). The highest BCUT2D eigenvalue weighted by Gasteiger charge is 2.29. The normalized spacial score (nSPS) is 12.4. The fourth-order valence-corrected chi connectivity index (χ4v) is 5.12. The van der Waals surface area contributed by atoms with E-state index in [1.807, 2.05) is 36.4 Å². The third kappa shape index (κ3) is 3.83. The van der Waals surface area contributed by atoms with E-state index >= 15 is 0 Å². The number of hydrogen-bond acceptors (Lipinski definition) is 7. The molecule has 1 aliphatic rings. The molecule has 1 amide bonds. The molecule has 0 saturated heterocycles. The monoisotopic (exact) mass is 434 g/mol. The molecule has 0 saturated carbocycles. The van der Waals surface area contributed by atoms with Gasteiger partial charge in [0.2, 0.25) is 11.0 Å². The quantitative estimate of drug-likeness (QED) is 0.410. The summed E-state index contributed by atoms with van der Waals surface area (Å²) in [4.78, 5) is 12.7. The summed E-state index contributed by atoms with van der Waals surface area (Å²) in [5.41, 5.74) is 4.64. The van der Waals surface area contributed by atoms with Gasteiger partial charge in [-0.05, 0) is 34.4 Å². The van der Waals surface area contributed by atoms with E-state index in [0.717, 1.165) is 21.2 Å². The number of thioether (sulfide) groups is 1. The van der Waals surface area contributed by atoms with Crippen molar-refractivity contribution in [2.75, 3.05) is 11.1 Å². The zero-order valence-electron chi connectivity index (χ0n) is 15.9. The minimum absolute atomic E-state index is 0.0307. The zero-order chi connectivity index (χ0) is 20.3. The van der Waals surface area contributed by atoms with E-state index in [1.165, 1.54) is 34.2 Å². The first-order valence-corrected chi connectivity index (χ1v) is 11.3. The van der Waals surface area contributed by atoms with Crippen molar-refractivity contribution in [3.05, 3.63) is 83.8 Å². The first-order chi connectivity index (χ1) is 14.8. The number of rotatable bonds is 7. The third-order valence-electron chi connectivity index (χ3n) is 4.87. The van der Waals surface area contributed by atoms with E-state index in [4.69, 9.17) is 4.42 Å². The van der Waals surface area contributed by atoms with Crippen LogP contribution in [0.1, 0.15) is 22.9 Å². The van der Waals surface area contributed by atoms with Gasteiger partial charge in [0.25, 0.3) is 0 Å². The van der Waals surface area contributed by atoms with Gasteiger partial charge in [-0.3, -0.25) is 4.79 Å². The van der Waals surface area contributed by atoms with Gasteiger partial charge in [-0.1, -0.05) is 71.6 Å². The lowest BCUT2D eigenvalue weighted by Crippen LogP contribution is -2.29. The van der Waals surface area contributed by atoms with Crippen molar-refractivity contribution in [2.24, 2.45) is 0 Å². The molecule has 0 radical (unpaired) electrons. The predicted octanol–water partition coefficient (Wildman–Crippen LogP) is 4.72. The zero-order valence-corrected chi connectivity index (χ0v) is 17.5. The van der Waals surface area contributed by atoms with Crippen molar-refractivity contribution in [1.29, 1.82) is 0 Å². The van der Waals surface area contributed by atoms with Crippen LogP contribution in [-0.4, -0.2) is 21.9 Å². The molecule has 1 aliphatic carbocycles. The fraction of sp³-hybridized carbons (Fsp3) is 0.136. The van der Waals surface area contributed by atoms with Crippen molar-refractivity contribution >= 4 is 34.1 Å². The molecule has 4 aromatic rings. The van der Waals surface area contributed by atoms with Gasteiger partial charge in [0.1, 0.15) is 5.76 Å². The molecule has 2 N–H and O–H groups in total. The van der Waals surface area contributed by atoms with Crippen molar-refractivity contribution in [2.45, 2.75) is 16.9 Å². The van der Waals surface area contributed by atoms with Crippen molar-refractivity contribution in [3.63, 3.8) is 0 Å². The van der Waals surface area contributed by atoms with Crippen LogP contribution in [0.3, 0.4) is 0 Å². The highest BCUT2D eigenvalue weighted by atomic mass is 32.2. The van der Waals surface area contributed by atoms with Crippen LogP contribution >= 0.6 is 23.1 Å². The molecule has 0 fully saturated rings. The number of amides is 1. The van der Waals surface area contributed by atoms with Gasteiger partial charge < -0.3 is 15.1 Å². The van der Waals surface area contributed by atoms with Gasteiger partial charge in [0.05, 0.1) is 24.6 Å². The summed E-state index contributed by atoms with van der Waals surface area (Å²) in [6.45, 7) is 0.549. The second kappa shape index (κ2) is 8.33. The Morgan fingerprint density at radius 2 is 1.73 bits per heavy atom. The molecule has 2 aromatic carbocycles. The molecular weight excluding hydrogens is 416 g/mol. The Labute approximate surface area is 181 Å². The van der Waals surface area contributed by atoms with E-state index < -0.39 is 0 Å². The Morgan fingerprint density at radius 1 is 1.00 bits per heavy atom. The van der Waals surface area contributed by atoms with Gasteiger partial charge >= 0.3 is 0 Å². The minimum atomic E-state index is -0.120. The van der Waals surface area contributed by atoms with Crippen LogP contribution in [0.5, 0.6) is 0 Å². The first-order valence-electron chi connectivity index (χ1n) is 9.48. The van der Waals surface area contributed by atoms with E-state index in [2.05, 4.69) is 45.1 Å². The summed E-state index contributed by atoms with van der Waals surface area (Å²) in [5, 5.41) is 15.3. The lowest BCUT2D eigenvalue weighted by molar-refractivity contribution is -0.119. The summed E-state index contributed by atoms with van der Waals surface area (Å²) in [6.07, 6.45) is 1.64. The van der Waals surface area contributed by atoms with Crippen molar-refractivity contribution < 1.29 is 9.21 Å². The van der Waals surface area contributed by atoms with Gasteiger partial charge in [0, 0.05) is 0 Å². The number of furan rings is 1. The molecule has 30 heavy (non-hydrogen) atoms. The van der Waals surface area contributed by atoms with Gasteiger partial charge in [-0.25, -0.2) is 0 Å². The van der Waals surface area contributed by atoms with E-state index in [1.54, 1.807) is 6.26 Å². The molecule has 0 spiro atoms. The molecular formula is C22H18N4O2S2. The van der Waals surface area contributed by atoms with Gasteiger partial charge in [0.15, 0.2) is 4.34 Å². The summed E-state index contributed by atoms with van der Waals surface area (Å²) in [5.74, 6) is 1.08. The summed E-state index contributed by atoms with van der Waals surface area (Å²) in [6, 6.07) is 20.1. The highest BCUT2D eigenvalue weighted by molar-refractivity contribution is 8.01. The van der Waals surface area contributed by atoms with Crippen LogP contribution in [0.15, 0.2) is 75.7 Å². The SMILES string of the molecule is O=C(CSc1nnc(NCc2ccco2)s1)NC1c2ccccc2-c2ccccc21. The average molecular weight is 435 g/mol. The van der Waals surface area contributed by atoms with Gasteiger partial charge in [-0.15, -0.1) is 10.2 Å². The van der Waals surface area contributed by atoms with Gasteiger partial charge in [-0.2, -0.15) is 0 Å². The standard InChI is InChI=1S/C22H18N4O2S2/c27-19(13-29-22-26-25-21(30-22)23-12-14-6-5-11-28-14)24-20-17-9-3-1-7-15(17)16-8-2-4-10-18(16)20/h1-11,20H,12-13H2,(H,23,25)(H,24,27). The largest absolute Gasteiger partial charge is 0.467 e. The van der Waals surface area contributed by atoms with E-state index in [-0.39, 0.29) is 17.7 Å². The lowest BCUT2D eigenvalue weighted by Gasteiger charge is -2.15. The van der Waals surface area contributed by atoms with Crippen LogP contribution in [0.25, 0.3) is 11.1 Å². The highest BCUT2D eigenvalue weighted by Crippen LogP contribution is 2.43. The Hall–Kier alpha value is -3.10. The van der Waals surface area contributed by atoms with Crippen molar-refractivity contribution in [3.8, 4) is 11.1 Å². The number of fused-ring (bicyclic) bond motifs is 3. The molecule has 2 heterocycles. The summed E-state index contributed by atoms with van der Waals surface area (Å²) in [7, 11) is 0. The first kappa shape index (κ1) is 18.9. The topological polar surface area (TPSA) is 80.1 Å². The smallest absolute Gasteiger partial charge is 0.231 e. The van der Waals surface area contributed by atoms with Crippen LogP contribution in [0.4, 0.5) is 5.13 Å². The number of hydrogen-bond donors (Lipinski definition) is 2. The number of carbonyl (C=O) groups is 1. The number of carbonyl (C=O) groups excluding carboxylic acids is 1. The van der Waals surface area contributed by atoms with Crippen LogP contribution in [0, 0.1) is 0 Å². The van der Waals surface area contributed by atoms with Crippen LogP contribution < -0.4 is 10.6 Å². The number of benzene rings is 2. The van der Waals surface area contributed by atoms with Crippen molar-refractivity contribution in [1.82, 2.24) is 15.5 Å². The molecule has 0 unspecified atom stereocenters. The number of anilines is 1. The Bertz CT molecular complexity index is 1130. The molecule has 0 atom stereocenters. The minimum Gasteiger partial charge on any atom is -0.467 e. The Balaban J connectivity index is 1.20. The number of aromatic nitrogens is 2. The molecule has 2 aromatic heterocycles. The average Bonchev–Trinajstić information content (AvgIpc) is 3.52. The lowest BCUT2D eigenvalue weighted by atomic mass is 10.1. The molecule has 150 valence electrons. The molecule has 8 heteroatoms.